The van der Waals surface area contributed by atoms with Gasteiger partial charge in [-0.15, -0.1) is 5.10 Å². The predicted octanol–water partition coefficient (Wildman–Crippen LogP) is 1.43. The Labute approximate surface area is 105 Å². The van der Waals surface area contributed by atoms with Gasteiger partial charge in [0.25, 0.3) is 5.88 Å². The van der Waals surface area contributed by atoms with Gasteiger partial charge in [0.15, 0.2) is 0 Å². The lowest BCUT2D eigenvalue weighted by Gasteiger charge is -2.28. The van der Waals surface area contributed by atoms with E-state index in [4.69, 9.17) is 9.47 Å². The molecule has 0 saturated carbocycles. The molecule has 1 aliphatic rings. The van der Waals surface area contributed by atoms with Crippen molar-refractivity contribution in [2.75, 3.05) is 31.2 Å². The molecule has 0 amide bonds. The van der Waals surface area contributed by atoms with E-state index in [0.717, 1.165) is 37.7 Å². The van der Waals surface area contributed by atoms with Crippen molar-refractivity contribution in [3.8, 4) is 11.6 Å². The lowest BCUT2D eigenvalue weighted by Crippen LogP contribution is -2.36. The zero-order valence-electron chi connectivity index (χ0n) is 9.87. The van der Waals surface area contributed by atoms with Crippen LogP contribution in [0.25, 0.3) is 0 Å². The van der Waals surface area contributed by atoms with Gasteiger partial charge in [-0.1, -0.05) is 6.07 Å². The molecule has 0 spiro atoms. The third-order valence-corrected chi connectivity index (χ3v) is 2.81. The molecule has 6 nitrogen and oxygen atoms in total. The first kappa shape index (κ1) is 11.0. The van der Waals surface area contributed by atoms with Crippen LogP contribution in [0.3, 0.4) is 0 Å². The standard InChI is InChI=1S/C12H14N4O2/c1-2-10(16-4-6-17-7-5-16)8-11(3-1)18-12-9-13-15-14-12/h1-3,8-9H,4-7H2,(H,13,14,15). The highest BCUT2D eigenvalue weighted by Gasteiger charge is 2.11. The maximum Gasteiger partial charge on any atom is 0.258 e. The van der Waals surface area contributed by atoms with Crippen LogP contribution in [0, 0.1) is 0 Å². The Morgan fingerprint density at radius 3 is 2.94 bits per heavy atom. The Bertz CT molecular complexity index is 495. The molecule has 1 aromatic carbocycles. The number of H-pyrrole nitrogens is 1. The fourth-order valence-electron chi connectivity index (χ4n) is 1.93. The van der Waals surface area contributed by atoms with E-state index in [-0.39, 0.29) is 0 Å². The Balaban J connectivity index is 1.76. The van der Waals surface area contributed by atoms with Crippen LogP contribution in [0.15, 0.2) is 30.5 Å². The molecule has 0 unspecified atom stereocenters. The summed E-state index contributed by atoms with van der Waals surface area (Å²) in [6.45, 7) is 3.36. The van der Waals surface area contributed by atoms with Crippen molar-refractivity contribution in [3.63, 3.8) is 0 Å². The monoisotopic (exact) mass is 246 g/mol. The highest BCUT2D eigenvalue weighted by atomic mass is 16.5. The molecule has 0 radical (unpaired) electrons. The molecule has 1 fully saturated rings. The minimum absolute atomic E-state index is 0.467. The summed E-state index contributed by atoms with van der Waals surface area (Å²) in [5.74, 6) is 1.22. The van der Waals surface area contributed by atoms with Gasteiger partial charge in [0.05, 0.1) is 13.2 Å². The summed E-state index contributed by atoms with van der Waals surface area (Å²) in [7, 11) is 0. The van der Waals surface area contributed by atoms with Crippen LogP contribution in [-0.2, 0) is 4.74 Å². The van der Waals surface area contributed by atoms with Gasteiger partial charge >= 0.3 is 0 Å². The summed E-state index contributed by atoms with van der Waals surface area (Å²) in [6, 6.07) is 7.94. The lowest BCUT2D eigenvalue weighted by molar-refractivity contribution is 0.122. The van der Waals surface area contributed by atoms with Crippen LogP contribution in [0.5, 0.6) is 11.6 Å². The molecule has 1 aromatic heterocycles. The second-order valence-electron chi connectivity index (χ2n) is 4.01. The van der Waals surface area contributed by atoms with Gasteiger partial charge in [-0.25, -0.2) is 0 Å². The number of hydrogen-bond acceptors (Lipinski definition) is 5. The van der Waals surface area contributed by atoms with Crippen LogP contribution in [-0.4, -0.2) is 41.7 Å². The number of morpholine rings is 1. The average molecular weight is 246 g/mol. The van der Waals surface area contributed by atoms with Gasteiger partial charge in [-0.3, -0.25) is 0 Å². The molecule has 2 heterocycles. The summed E-state index contributed by atoms with van der Waals surface area (Å²) in [5, 5.41) is 10.1. The molecule has 94 valence electrons. The number of anilines is 1. The zero-order chi connectivity index (χ0) is 12.2. The Morgan fingerprint density at radius 2 is 2.17 bits per heavy atom. The van der Waals surface area contributed by atoms with Crippen molar-refractivity contribution in [3.05, 3.63) is 30.5 Å². The normalized spacial score (nSPS) is 15.7. The summed E-state index contributed by atoms with van der Waals surface area (Å²) >= 11 is 0. The minimum atomic E-state index is 0.467. The van der Waals surface area contributed by atoms with E-state index >= 15 is 0 Å². The third kappa shape index (κ3) is 2.43. The fourth-order valence-corrected chi connectivity index (χ4v) is 1.93. The molecule has 0 atom stereocenters. The second kappa shape index (κ2) is 5.05. The van der Waals surface area contributed by atoms with E-state index in [1.165, 1.54) is 0 Å². The molecule has 18 heavy (non-hydrogen) atoms. The maximum absolute atomic E-state index is 5.59. The molecular formula is C12H14N4O2. The second-order valence-corrected chi connectivity index (χ2v) is 4.01. The molecule has 0 aliphatic carbocycles. The first-order valence-corrected chi connectivity index (χ1v) is 5.88. The summed E-state index contributed by atoms with van der Waals surface area (Å²) in [4.78, 5) is 2.28. The molecular weight excluding hydrogens is 232 g/mol. The first-order valence-electron chi connectivity index (χ1n) is 5.88. The Kier molecular flexibility index (Phi) is 3.10. The molecule has 1 saturated heterocycles. The van der Waals surface area contributed by atoms with Gasteiger partial charge < -0.3 is 14.4 Å². The van der Waals surface area contributed by atoms with Crippen molar-refractivity contribution in [2.45, 2.75) is 0 Å². The number of benzene rings is 1. The van der Waals surface area contributed by atoms with Crippen molar-refractivity contribution in [2.24, 2.45) is 0 Å². The molecule has 2 aromatic rings. The summed E-state index contributed by atoms with van der Waals surface area (Å²) in [5.41, 5.74) is 1.14. The number of ether oxygens (including phenoxy) is 2. The van der Waals surface area contributed by atoms with Gasteiger partial charge in [-0.2, -0.15) is 10.3 Å². The smallest absolute Gasteiger partial charge is 0.258 e. The molecule has 1 N–H and O–H groups in total. The van der Waals surface area contributed by atoms with Crippen LogP contribution in [0.4, 0.5) is 5.69 Å². The minimum Gasteiger partial charge on any atom is -0.436 e. The van der Waals surface area contributed by atoms with Crippen LogP contribution in [0.2, 0.25) is 0 Å². The number of rotatable bonds is 3. The Hall–Kier alpha value is -2.08. The molecule has 0 bridgehead atoms. The quantitative estimate of drug-likeness (QED) is 0.887. The Morgan fingerprint density at radius 1 is 1.28 bits per heavy atom. The van der Waals surface area contributed by atoms with Crippen molar-refractivity contribution in [1.82, 2.24) is 15.4 Å². The lowest BCUT2D eigenvalue weighted by atomic mass is 10.2. The number of nitrogens with zero attached hydrogens (tertiary/aromatic N) is 3. The van der Waals surface area contributed by atoms with E-state index in [0.29, 0.717) is 5.88 Å². The third-order valence-electron chi connectivity index (χ3n) is 2.81. The highest BCUT2D eigenvalue weighted by Crippen LogP contribution is 2.24. The van der Waals surface area contributed by atoms with Gasteiger partial charge in [0.1, 0.15) is 11.9 Å². The van der Waals surface area contributed by atoms with Gasteiger partial charge in [0, 0.05) is 24.8 Å². The number of nitrogens with one attached hydrogen (secondary N) is 1. The largest absolute Gasteiger partial charge is 0.436 e. The van der Waals surface area contributed by atoms with E-state index in [2.05, 4.69) is 26.4 Å². The average Bonchev–Trinajstić information content (AvgIpc) is 2.93. The number of hydrogen-bond donors (Lipinski definition) is 1. The van der Waals surface area contributed by atoms with E-state index in [1.807, 2.05) is 18.2 Å². The predicted molar refractivity (Wildman–Crippen MR) is 65.9 cm³/mol. The highest BCUT2D eigenvalue weighted by molar-refractivity contribution is 5.51. The van der Waals surface area contributed by atoms with E-state index in [9.17, 15) is 0 Å². The number of aromatic nitrogens is 3. The topological polar surface area (TPSA) is 63.3 Å². The van der Waals surface area contributed by atoms with Gasteiger partial charge in [-0.05, 0) is 12.1 Å². The zero-order valence-corrected chi connectivity index (χ0v) is 9.87. The summed E-state index contributed by atoms with van der Waals surface area (Å²) in [6.07, 6.45) is 1.54. The van der Waals surface area contributed by atoms with Gasteiger partial charge in [0.2, 0.25) is 0 Å². The van der Waals surface area contributed by atoms with E-state index in [1.54, 1.807) is 6.20 Å². The molecule has 6 heteroatoms. The van der Waals surface area contributed by atoms with Crippen molar-refractivity contribution < 1.29 is 9.47 Å². The first-order chi connectivity index (χ1) is 8.92. The van der Waals surface area contributed by atoms with E-state index < -0.39 is 0 Å². The van der Waals surface area contributed by atoms with Crippen molar-refractivity contribution >= 4 is 5.69 Å². The van der Waals surface area contributed by atoms with Crippen molar-refractivity contribution in [1.29, 1.82) is 0 Å². The molecule has 1 aliphatic heterocycles. The molecule has 3 rings (SSSR count). The maximum atomic E-state index is 5.59. The SMILES string of the molecule is c1cc(Oc2cn[nH]n2)cc(N2CCOCC2)c1. The number of aromatic amines is 1. The van der Waals surface area contributed by atoms with Crippen LogP contribution in [0.1, 0.15) is 0 Å². The summed E-state index contributed by atoms with van der Waals surface area (Å²) < 4.78 is 10.9. The fraction of sp³-hybridized carbons (Fsp3) is 0.333. The van der Waals surface area contributed by atoms with Crippen LogP contribution < -0.4 is 9.64 Å². The van der Waals surface area contributed by atoms with Crippen LogP contribution >= 0.6 is 0 Å².